The van der Waals surface area contributed by atoms with Gasteiger partial charge < -0.3 is 29.9 Å². The number of hydrogen-bond acceptors (Lipinski definition) is 9. The average molecular weight is 737 g/mol. The van der Waals surface area contributed by atoms with Gasteiger partial charge in [-0.3, -0.25) is 14.1 Å². The predicted octanol–water partition coefficient (Wildman–Crippen LogP) is 5.33. The lowest BCUT2D eigenvalue weighted by Crippen LogP contribution is -2.42. The second-order valence-electron chi connectivity index (χ2n) is 11.9. The van der Waals surface area contributed by atoms with E-state index in [1.165, 1.54) is 28.5 Å². The number of carbonyl (C=O) groups is 1. The number of hydrogen-bond donors (Lipinski definition) is 4. The summed E-state index contributed by atoms with van der Waals surface area (Å²) in [5.41, 5.74) is 2.79. The van der Waals surface area contributed by atoms with Gasteiger partial charge in [0.1, 0.15) is 11.3 Å². The quantitative estimate of drug-likeness (QED) is 0.0691. The molecule has 5 aromatic rings. The topological polar surface area (TPSA) is 152 Å². The number of phenols is 1. The SMILES string of the molecule is CCN(CC)CCN(CCNCCc1ccc(O)c2[nH]c(=O)sc12)C(=O)CCOCCc1cccc2ccccc12.O=S(=O)(O)c1ccccc1. The molecule has 51 heavy (non-hydrogen) atoms. The zero-order valence-corrected chi connectivity index (χ0v) is 30.8. The van der Waals surface area contributed by atoms with Crippen molar-refractivity contribution in [2.24, 2.45) is 0 Å². The number of aromatic hydroxyl groups is 1. The van der Waals surface area contributed by atoms with Crippen molar-refractivity contribution in [3.63, 3.8) is 0 Å². The fourth-order valence-corrected chi connectivity index (χ4v) is 7.10. The number of nitrogens with zero attached hydrogens (tertiary/aromatic N) is 2. The van der Waals surface area contributed by atoms with Gasteiger partial charge in [0, 0.05) is 26.2 Å². The molecule has 1 amide bonds. The van der Waals surface area contributed by atoms with E-state index in [1.54, 1.807) is 24.3 Å². The van der Waals surface area contributed by atoms with Crippen molar-refractivity contribution in [3.05, 3.63) is 106 Å². The van der Waals surface area contributed by atoms with Crippen LogP contribution in [0.1, 0.15) is 31.4 Å². The molecule has 0 bridgehead atoms. The van der Waals surface area contributed by atoms with Gasteiger partial charge >= 0.3 is 4.87 Å². The maximum absolute atomic E-state index is 13.2. The summed E-state index contributed by atoms with van der Waals surface area (Å²) in [6.07, 6.45) is 1.91. The molecule has 0 unspecified atom stereocenters. The summed E-state index contributed by atoms with van der Waals surface area (Å²) in [5.74, 6) is 0.205. The highest BCUT2D eigenvalue weighted by molar-refractivity contribution is 7.85. The van der Waals surface area contributed by atoms with Crippen LogP contribution >= 0.6 is 11.3 Å². The summed E-state index contributed by atoms with van der Waals surface area (Å²) in [7, 11) is -4.00. The van der Waals surface area contributed by atoms with Crippen molar-refractivity contribution >= 4 is 48.4 Å². The summed E-state index contributed by atoms with van der Waals surface area (Å²) in [6, 6.07) is 25.6. The predicted molar refractivity (Wildman–Crippen MR) is 204 cm³/mol. The number of ether oxygens (including phenoxy) is 1. The molecule has 0 aliphatic heterocycles. The normalized spacial score (nSPS) is 11.5. The Bertz CT molecular complexity index is 1990. The minimum atomic E-state index is -4.00. The number of likely N-dealkylation sites (N-methyl/N-ethyl adjacent to an activating group) is 1. The number of nitrogens with one attached hydrogen (secondary N) is 2. The molecule has 0 radical (unpaired) electrons. The molecular weight excluding hydrogens is 689 g/mol. The van der Waals surface area contributed by atoms with Crippen LogP contribution in [0.25, 0.3) is 21.0 Å². The van der Waals surface area contributed by atoms with Crippen LogP contribution in [0.5, 0.6) is 5.75 Å². The summed E-state index contributed by atoms with van der Waals surface area (Å²) >= 11 is 1.12. The van der Waals surface area contributed by atoms with Crippen LogP contribution in [-0.4, -0.2) is 97.8 Å². The third-order valence-corrected chi connectivity index (χ3v) is 10.4. The molecule has 0 aliphatic carbocycles. The molecule has 0 spiro atoms. The number of aromatic amines is 1. The highest BCUT2D eigenvalue weighted by atomic mass is 32.2. The number of fused-ring (bicyclic) bond motifs is 2. The lowest BCUT2D eigenvalue weighted by Gasteiger charge is -2.27. The molecule has 4 N–H and O–H groups in total. The zero-order chi connectivity index (χ0) is 36.6. The van der Waals surface area contributed by atoms with Crippen LogP contribution in [0.2, 0.25) is 0 Å². The van der Waals surface area contributed by atoms with Gasteiger partial charge in [-0.2, -0.15) is 8.42 Å². The molecule has 13 heteroatoms. The zero-order valence-electron chi connectivity index (χ0n) is 29.2. The first-order valence-corrected chi connectivity index (χ1v) is 19.5. The fraction of sp³-hybridized carbons (Fsp3) is 0.368. The van der Waals surface area contributed by atoms with Gasteiger partial charge in [0.25, 0.3) is 10.1 Å². The van der Waals surface area contributed by atoms with E-state index in [0.29, 0.717) is 51.3 Å². The Hall–Kier alpha value is -4.11. The molecular formula is C38H48N4O7S2. The van der Waals surface area contributed by atoms with Gasteiger partial charge in [0.2, 0.25) is 5.91 Å². The molecule has 0 fully saturated rings. The van der Waals surface area contributed by atoms with Crippen molar-refractivity contribution < 1.29 is 27.6 Å². The number of H-pyrrole nitrogens is 1. The Kier molecular flexibility index (Phi) is 15.6. The van der Waals surface area contributed by atoms with E-state index in [2.05, 4.69) is 71.5 Å². The van der Waals surface area contributed by atoms with Crippen molar-refractivity contribution in [3.8, 4) is 5.75 Å². The first-order chi connectivity index (χ1) is 24.6. The molecule has 0 saturated carbocycles. The van der Waals surface area contributed by atoms with E-state index >= 15 is 0 Å². The summed E-state index contributed by atoms with van der Waals surface area (Å²) in [5, 5.41) is 15.9. The van der Waals surface area contributed by atoms with Crippen LogP contribution in [0, 0.1) is 0 Å². The number of phenolic OH excluding ortho intramolecular Hbond substituents is 1. The smallest absolute Gasteiger partial charge is 0.305 e. The molecule has 4 aromatic carbocycles. The maximum atomic E-state index is 13.2. The molecule has 0 atom stereocenters. The van der Waals surface area contributed by atoms with Gasteiger partial charge in [-0.1, -0.05) is 91.9 Å². The molecule has 11 nitrogen and oxygen atoms in total. The molecule has 1 heterocycles. The number of amides is 1. The number of aromatic nitrogens is 1. The lowest BCUT2D eigenvalue weighted by molar-refractivity contribution is -0.132. The highest BCUT2D eigenvalue weighted by Gasteiger charge is 2.15. The largest absolute Gasteiger partial charge is 0.506 e. The van der Waals surface area contributed by atoms with Crippen molar-refractivity contribution in [1.82, 2.24) is 20.1 Å². The van der Waals surface area contributed by atoms with Crippen molar-refractivity contribution in [2.75, 3.05) is 59.0 Å². The summed E-state index contributed by atoms with van der Waals surface area (Å²) < 4.78 is 35.9. The monoisotopic (exact) mass is 736 g/mol. The Morgan fingerprint density at radius 2 is 1.57 bits per heavy atom. The Morgan fingerprint density at radius 3 is 2.29 bits per heavy atom. The molecule has 5 rings (SSSR count). The van der Waals surface area contributed by atoms with E-state index in [9.17, 15) is 23.1 Å². The Balaban J connectivity index is 0.000000502. The first kappa shape index (κ1) is 39.7. The molecule has 0 aliphatic rings. The van der Waals surface area contributed by atoms with Crippen LogP contribution < -0.4 is 10.2 Å². The number of benzene rings is 4. The third kappa shape index (κ3) is 12.3. The Labute approximate surface area is 303 Å². The van der Waals surface area contributed by atoms with Gasteiger partial charge in [0.05, 0.1) is 29.2 Å². The number of carbonyl (C=O) groups excluding carboxylic acids is 1. The number of rotatable bonds is 18. The summed E-state index contributed by atoms with van der Waals surface area (Å²) in [4.78, 5) is 31.6. The molecule has 0 saturated heterocycles. The van der Waals surface area contributed by atoms with Crippen molar-refractivity contribution in [1.29, 1.82) is 0 Å². The maximum Gasteiger partial charge on any atom is 0.305 e. The summed E-state index contributed by atoms with van der Waals surface area (Å²) in [6.45, 7) is 10.7. The minimum Gasteiger partial charge on any atom is -0.506 e. The van der Waals surface area contributed by atoms with Gasteiger partial charge in [0.15, 0.2) is 0 Å². The van der Waals surface area contributed by atoms with E-state index < -0.39 is 10.1 Å². The van der Waals surface area contributed by atoms with Crippen LogP contribution in [0.4, 0.5) is 0 Å². The second-order valence-corrected chi connectivity index (χ2v) is 14.3. The van der Waals surface area contributed by atoms with Gasteiger partial charge in [-0.05, 0) is 72.6 Å². The van der Waals surface area contributed by atoms with Crippen LogP contribution in [0.3, 0.4) is 0 Å². The number of thiazole rings is 1. The van der Waals surface area contributed by atoms with Gasteiger partial charge in [-0.15, -0.1) is 0 Å². The lowest BCUT2D eigenvalue weighted by atomic mass is 10.0. The van der Waals surface area contributed by atoms with Gasteiger partial charge in [-0.25, -0.2) is 0 Å². The Morgan fingerprint density at radius 1 is 0.843 bits per heavy atom. The van der Waals surface area contributed by atoms with Crippen LogP contribution in [0.15, 0.2) is 94.6 Å². The second kappa shape index (κ2) is 20.1. The highest BCUT2D eigenvalue weighted by Crippen LogP contribution is 2.28. The van der Waals surface area contributed by atoms with E-state index in [-0.39, 0.29) is 21.4 Å². The fourth-order valence-electron chi connectivity index (χ4n) is 5.70. The molecule has 1 aromatic heterocycles. The van der Waals surface area contributed by atoms with E-state index in [4.69, 9.17) is 9.29 Å². The van der Waals surface area contributed by atoms with E-state index in [1.807, 2.05) is 11.0 Å². The minimum absolute atomic E-state index is 0.0741. The standard InChI is InChI=1S/C32H42N4O4S.C6H6O3S/c1-3-35(4-2)20-21-36(19-18-33-17-14-26-12-13-28(37)30-31(26)41-32(39)34-30)29(38)16-23-40-22-15-25-10-7-9-24-8-5-6-11-27(24)25;7-10(8,9)6-4-2-1-3-5-6/h5-13,33,37H,3-4,14-23H2,1-2H3,(H,34,39);1-5H,(H,7,8,9). The third-order valence-electron chi connectivity index (χ3n) is 8.60. The first-order valence-electron chi connectivity index (χ1n) is 17.2. The van der Waals surface area contributed by atoms with E-state index in [0.717, 1.165) is 54.1 Å². The van der Waals surface area contributed by atoms with Crippen molar-refractivity contribution in [2.45, 2.75) is 38.0 Å². The molecule has 274 valence electrons. The van der Waals surface area contributed by atoms with Crippen LogP contribution in [-0.2, 0) is 32.5 Å². The average Bonchev–Trinajstić information content (AvgIpc) is 3.54.